The number of aromatic nitrogens is 2. The van der Waals surface area contributed by atoms with Gasteiger partial charge in [0.05, 0.1) is 10.3 Å². The molecule has 0 unspecified atom stereocenters. The standard InChI is InChI=1S/C10H7BrN4S/c11-9-2-1-7(16-9)6-15-10-8(5-12)13-3-4-14-10/h1-4H,6H2,(H,14,15). The molecule has 0 saturated heterocycles. The van der Waals surface area contributed by atoms with E-state index < -0.39 is 0 Å². The number of nitriles is 1. The van der Waals surface area contributed by atoms with Gasteiger partial charge in [0, 0.05) is 17.3 Å². The normalized spacial score (nSPS) is 9.75. The zero-order valence-electron chi connectivity index (χ0n) is 8.14. The lowest BCUT2D eigenvalue weighted by molar-refractivity contribution is 1.09. The smallest absolute Gasteiger partial charge is 0.182 e. The Morgan fingerprint density at radius 2 is 2.19 bits per heavy atom. The van der Waals surface area contributed by atoms with Crippen molar-refractivity contribution >= 4 is 33.1 Å². The third kappa shape index (κ3) is 2.56. The molecule has 0 aromatic carbocycles. The second kappa shape index (κ2) is 5.05. The molecule has 1 N–H and O–H groups in total. The van der Waals surface area contributed by atoms with Crippen LogP contribution < -0.4 is 5.32 Å². The van der Waals surface area contributed by atoms with Crippen molar-refractivity contribution < 1.29 is 0 Å². The minimum Gasteiger partial charge on any atom is -0.363 e. The van der Waals surface area contributed by atoms with E-state index in [1.54, 1.807) is 17.5 Å². The van der Waals surface area contributed by atoms with Crippen LogP contribution in [0.4, 0.5) is 5.82 Å². The molecule has 0 radical (unpaired) electrons. The largest absolute Gasteiger partial charge is 0.363 e. The van der Waals surface area contributed by atoms with Gasteiger partial charge in [0.25, 0.3) is 0 Å². The monoisotopic (exact) mass is 294 g/mol. The summed E-state index contributed by atoms with van der Waals surface area (Å²) in [6.07, 6.45) is 3.07. The lowest BCUT2D eigenvalue weighted by atomic mass is 10.4. The number of hydrogen-bond acceptors (Lipinski definition) is 5. The Bertz CT molecular complexity index is 532. The molecule has 0 spiro atoms. The molecule has 2 aromatic heterocycles. The summed E-state index contributed by atoms with van der Waals surface area (Å²) < 4.78 is 1.09. The molecule has 2 aromatic rings. The van der Waals surface area contributed by atoms with Crippen LogP contribution in [-0.4, -0.2) is 9.97 Å². The fourth-order valence-electron chi connectivity index (χ4n) is 1.17. The van der Waals surface area contributed by atoms with E-state index in [0.717, 1.165) is 3.79 Å². The maximum Gasteiger partial charge on any atom is 0.182 e. The number of rotatable bonds is 3. The lowest BCUT2D eigenvalue weighted by Gasteiger charge is -2.03. The van der Waals surface area contributed by atoms with Crippen LogP contribution >= 0.6 is 27.3 Å². The molecule has 2 rings (SSSR count). The summed E-state index contributed by atoms with van der Waals surface area (Å²) in [5.74, 6) is 0.523. The quantitative estimate of drug-likeness (QED) is 0.945. The molecular weight excluding hydrogens is 288 g/mol. The van der Waals surface area contributed by atoms with E-state index in [4.69, 9.17) is 5.26 Å². The van der Waals surface area contributed by atoms with Crippen molar-refractivity contribution in [2.75, 3.05) is 5.32 Å². The van der Waals surface area contributed by atoms with Gasteiger partial charge >= 0.3 is 0 Å². The first-order valence-electron chi connectivity index (χ1n) is 4.49. The minimum absolute atomic E-state index is 0.318. The second-order valence-electron chi connectivity index (χ2n) is 2.92. The predicted molar refractivity (Wildman–Crippen MR) is 66.1 cm³/mol. The minimum atomic E-state index is 0.318. The Morgan fingerprint density at radius 1 is 1.38 bits per heavy atom. The molecule has 0 amide bonds. The fourth-order valence-corrected chi connectivity index (χ4v) is 2.59. The van der Waals surface area contributed by atoms with E-state index in [-0.39, 0.29) is 0 Å². The molecule has 16 heavy (non-hydrogen) atoms. The van der Waals surface area contributed by atoms with Gasteiger partial charge in [-0.15, -0.1) is 11.3 Å². The molecule has 0 aliphatic rings. The van der Waals surface area contributed by atoms with Crippen LogP contribution in [0.1, 0.15) is 10.6 Å². The third-order valence-electron chi connectivity index (χ3n) is 1.86. The summed E-state index contributed by atoms with van der Waals surface area (Å²) >= 11 is 5.04. The number of hydrogen-bond donors (Lipinski definition) is 1. The molecule has 0 saturated carbocycles. The first kappa shape index (κ1) is 11.0. The molecule has 0 aliphatic heterocycles. The van der Waals surface area contributed by atoms with Crippen molar-refractivity contribution in [2.45, 2.75) is 6.54 Å². The van der Waals surface area contributed by atoms with E-state index in [9.17, 15) is 0 Å². The number of halogens is 1. The summed E-state index contributed by atoms with van der Waals surface area (Å²) in [4.78, 5) is 9.16. The summed E-state index contributed by atoms with van der Waals surface area (Å²) in [6, 6.07) is 6.00. The molecule has 2 heterocycles. The van der Waals surface area contributed by atoms with Crippen LogP contribution in [0.5, 0.6) is 0 Å². The van der Waals surface area contributed by atoms with Gasteiger partial charge in [0.15, 0.2) is 11.5 Å². The fraction of sp³-hybridized carbons (Fsp3) is 0.100. The zero-order chi connectivity index (χ0) is 11.4. The van der Waals surface area contributed by atoms with Gasteiger partial charge in [0.1, 0.15) is 6.07 Å². The molecule has 80 valence electrons. The van der Waals surface area contributed by atoms with Gasteiger partial charge in [-0.1, -0.05) is 0 Å². The Balaban J connectivity index is 2.08. The summed E-state index contributed by atoms with van der Waals surface area (Å²) in [7, 11) is 0. The first-order valence-corrected chi connectivity index (χ1v) is 6.10. The molecule has 4 nitrogen and oxygen atoms in total. The molecular formula is C10H7BrN4S. The Morgan fingerprint density at radius 3 is 2.88 bits per heavy atom. The number of nitrogens with one attached hydrogen (secondary N) is 1. The van der Waals surface area contributed by atoms with Crippen molar-refractivity contribution in [1.29, 1.82) is 5.26 Å². The van der Waals surface area contributed by atoms with E-state index in [0.29, 0.717) is 18.1 Å². The van der Waals surface area contributed by atoms with Gasteiger partial charge in [0.2, 0.25) is 0 Å². The zero-order valence-corrected chi connectivity index (χ0v) is 10.5. The summed E-state index contributed by atoms with van der Waals surface area (Å²) in [5.41, 5.74) is 0.318. The van der Waals surface area contributed by atoms with Crippen molar-refractivity contribution in [3.63, 3.8) is 0 Å². The second-order valence-corrected chi connectivity index (χ2v) is 5.47. The first-order chi connectivity index (χ1) is 7.79. The molecule has 0 fully saturated rings. The summed E-state index contributed by atoms with van der Waals surface area (Å²) in [6.45, 7) is 0.642. The van der Waals surface area contributed by atoms with Crippen LogP contribution in [0.25, 0.3) is 0 Å². The van der Waals surface area contributed by atoms with Crippen molar-refractivity contribution in [3.05, 3.63) is 38.9 Å². The highest BCUT2D eigenvalue weighted by Gasteiger charge is 2.04. The van der Waals surface area contributed by atoms with Crippen LogP contribution in [0.15, 0.2) is 28.3 Å². The van der Waals surface area contributed by atoms with E-state index >= 15 is 0 Å². The van der Waals surface area contributed by atoms with Gasteiger partial charge in [-0.3, -0.25) is 0 Å². The van der Waals surface area contributed by atoms with Crippen molar-refractivity contribution in [1.82, 2.24) is 9.97 Å². The lowest BCUT2D eigenvalue weighted by Crippen LogP contribution is -2.03. The van der Waals surface area contributed by atoms with E-state index in [1.165, 1.54) is 11.1 Å². The average molecular weight is 295 g/mol. The average Bonchev–Trinajstić information content (AvgIpc) is 2.73. The predicted octanol–water partition coefficient (Wildman–Crippen LogP) is 2.78. The molecule has 6 heteroatoms. The Kier molecular flexibility index (Phi) is 3.49. The number of thiophene rings is 1. The van der Waals surface area contributed by atoms with Crippen molar-refractivity contribution in [3.8, 4) is 6.07 Å². The van der Waals surface area contributed by atoms with Gasteiger partial charge in [-0.05, 0) is 28.1 Å². The summed E-state index contributed by atoms with van der Waals surface area (Å²) in [5, 5.41) is 11.9. The highest BCUT2D eigenvalue weighted by molar-refractivity contribution is 9.11. The van der Waals surface area contributed by atoms with Crippen LogP contribution in [0, 0.1) is 11.3 Å². The highest BCUT2D eigenvalue weighted by Crippen LogP contribution is 2.22. The highest BCUT2D eigenvalue weighted by atomic mass is 79.9. The van der Waals surface area contributed by atoms with Crippen LogP contribution in [0.2, 0.25) is 0 Å². The number of nitrogens with zero attached hydrogens (tertiary/aromatic N) is 3. The SMILES string of the molecule is N#Cc1nccnc1NCc1ccc(Br)s1. The third-order valence-corrected chi connectivity index (χ3v) is 3.49. The maximum absolute atomic E-state index is 8.82. The number of anilines is 1. The van der Waals surface area contributed by atoms with Crippen LogP contribution in [-0.2, 0) is 6.54 Å². The molecule has 0 aliphatic carbocycles. The van der Waals surface area contributed by atoms with Gasteiger partial charge in [-0.2, -0.15) is 5.26 Å². The van der Waals surface area contributed by atoms with Gasteiger partial charge in [-0.25, -0.2) is 9.97 Å². The molecule has 0 atom stereocenters. The van der Waals surface area contributed by atoms with E-state index in [2.05, 4.69) is 31.2 Å². The van der Waals surface area contributed by atoms with E-state index in [1.807, 2.05) is 18.2 Å². The van der Waals surface area contributed by atoms with Crippen LogP contribution in [0.3, 0.4) is 0 Å². The Labute approximate surface area is 105 Å². The Hall–Kier alpha value is -1.45. The maximum atomic E-state index is 8.82. The topological polar surface area (TPSA) is 61.6 Å². The van der Waals surface area contributed by atoms with Crippen molar-refractivity contribution in [2.24, 2.45) is 0 Å². The molecule has 0 bridgehead atoms. The van der Waals surface area contributed by atoms with Gasteiger partial charge < -0.3 is 5.32 Å².